The van der Waals surface area contributed by atoms with E-state index in [1.807, 2.05) is 6.21 Å². The van der Waals surface area contributed by atoms with Gasteiger partial charge in [0.2, 0.25) is 0 Å². The molecular formula is C9H6N2. The van der Waals surface area contributed by atoms with Gasteiger partial charge in [0.15, 0.2) is 0 Å². The van der Waals surface area contributed by atoms with E-state index in [4.69, 9.17) is 0 Å². The summed E-state index contributed by atoms with van der Waals surface area (Å²) in [6.07, 6.45) is 4.11. The topological polar surface area (TPSA) is 24.4 Å². The van der Waals surface area contributed by atoms with Crippen molar-refractivity contribution in [1.29, 1.82) is 0 Å². The quantitative estimate of drug-likeness (QED) is 0.488. The van der Waals surface area contributed by atoms with Gasteiger partial charge in [0.05, 0.1) is 12.1 Å². The molecule has 0 aromatic heterocycles. The molecule has 0 unspecified atom stereocenters. The highest BCUT2D eigenvalue weighted by Crippen LogP contribution is 2.38. The molecule has 1 N–H and O–H groups in total. The van der Waals surface area contributed by atoms with Gasteiger partial charge in [0.1, 0.15) is 5.82 Å². The fourth-order valence-electron chi connectivity index (χ4n) is 1.42. The van der Waals surface area contributed by atoms with E-state index in [1.54, 1.807) is 0 Å². The molecule has 11 heavy (non-hydrogen) atoms. The molecule has 3 aliphatic rings. The van der Waals surface area contributed by atoms with Crippen molar-refractivity contribution in [2.45, 2.75) is 0 Å². The Balaban J connectivity index is 2.14. The Morgan fingerprint density at radius 1 is 1.64 bits per heavy atom. The number of allylic oxidation sites excluding steroid dienone is 3. The summed E-state index contributed by atoms with van der Waals surface area (Å²) in [6, 6.07) is 0. The van der Waals surface area contributed by atoms with Crippen LogP contribution in [0.4, 0.5) is 0 Å². The SMILES string of the molecule is C1#CC2=C(N=CC3=C[C@@H]32)NC1. The Labute approximate surface area is 64.7 Å². The van der Waals surface area contributed by atoms with Crippen LogP contribution in [0.5, 0.6) is 0 Å². The van der Waals surface area contributed by atoms with Crippen LogP contribution >= 0.6 is 0 Å². The van der Waals surface area contributed by atoms with Gasteiger partial charge in [-0.15, -0.1) is 0 Å². The van der Waals surface area contributed by atoms with E-state index >= 15 is 0 Å². The molecule has 3 rings (SSSR count). The molecule has 0 spiro atoms. The average Bonchev–Trinajstić information content (AvgIpc) is 2.83. The number of nitrogens with one attached hydrogen (secondary N) is 1. The van der Waals surface area contributed by atoms with Gasteiger partial charge < -0.3 is 5.32 Å². The minimum absolute atomic E-state index is 0.503. The number of fused-ring (bicyclic) bond motifs is 2. The molecule has 52 valence electrons. The van der Waals surface area contributed by atoms with Crippen LogP contribution in [0.2, 0.25) is 0 Å². The second-order valence-electron chi connectivity index (χ2n) is 2.82. The maximum Gasteiger partial charge on any atom is 0.139 e. The van der Waals surface area contributed by atoms with E-state index in [-0.39, 0.29) is 0 Å². The predicted octanol–water partition coefficient (Wildman–Crippen LogP) is 0.445. The van der Waals surface area contributed by atoms with Crippen molar-refractivity contribution in [3.8, 4) is 11.8 Å². The summed E-state index contributed by atoms with van der Waals surface area (Å²) in [5, 5.41) is 3.15. The molecule has 2 aliphatic heterocycles. The summed E-state index contributed by atoms with van der Waals surface area (Å²) in [5.41, 5.74) is 2.48. The summed E-state index contributed by atoms with van der Waals surface area (Å²) in [4.78, 5) is 4.25. The highest BCUT2D eigenvalue weighted by molar-refractivity contribution is 5.90. The third-order valence-electron chi connectivity index (χ3n) is 2.09. The van der Waals surface area contributed by atoms with Gasteiger partial charge in [0, 0.05) is 12.1 Å². The molecule has 0 saturated heterocycles. The largest absolute Gasteiger partial charge is 0.358 e. The van der Waals surface area contributed by atoms with E-state index in [2.05, 4.69) is 28.2 Å². The Hall–Kier alpha value is -1.49. The number of nitrogens with zero attached hydrogens (tertiary/aromatic N) is 1. The zero-order valence-electron chi connectivity index (χ0n) is 5.89. The van der Waals surface area contributed by atoms with Crippen LogP contribution in [0.15, 0.2) is 28.0 Å². The van der Waals surface area contributed by atoms with E-state index < -0.39 is 0 Å². The molecule has 0 bridgehead atoms. The first-order valence-corrected chi connectivity index (χ1v) is 3.68. The highest BCUT2D eigenvalue weighted by Gasteiger charge is 2.32. The van der Waals surface area contributed by atoms with Gasteiger partial charge in [0.25, 0.3) is 0 Å². The van der Waals surface area contributed by atoms with Gasteiger partial charge in [-0.25, -0.2) is 4.99 Å². The molecule has 0 amide bonds. The third kappa shape index (κ3) is 0.600. The Kier molecular flexibility index (Phi) is 0.740. The van der Waals surface area contributed by atoms with Crippen molar-refractivity contribution in [2.24, 2.45) is 10.9 Å². The molecule has 0 aromatic carbocycles. The number of aliphatic imine (C=N–C) groups is 1. The second kappa shape index (κ2) is 1.57. The molecular weight excluding hydrogens is 136 g/mol. The molecule has 2 nitrogen and oxygen atoms in total. The van der Waals surface area contributed by atoms with Crippen LogP contribution in [0.3, 0.4) is 0 Å². The van der Waals surface area contributed by atoms with Crippen molar-refractivity contribution < 1.29 is 0 Å². The molecule has 1 aliphatic carbocycles. The summed E-state index contributed by atoms with van der Waals surface area (Å²) < 4.78 is 0. The van der Waals surface area contributed by atoms with E-state index in [1.165, 1.54) is 5.57 Å². The lowest BCUT2D eigenvalue weighted by Crippen LogP contribution is -2.20. The number of rotatable bonds is 0. The number of hydrogen-bond donors (Lipinski definition) is 1. The smallest absolute Gasteiger partial charge is 0.139 e. The lowest BCUT2D eigenvalue weighted by Gasteiger charge is -2.13. The lowest BCUT2D eigenvalue weighted by molar-refractivity contribution is 0.850. The van der Waals surface area contributed by atoms with Crippen LogP contribution in [0.25, 0.3) is 0 Å². The first-order valence-electron chi connectivity index (χ1n) is 3.68. The van der Waals surface area contributed by atoms with Crippen LogP contribution in [-0.2, 0) is 0 Å². The van der Waals surface area contributed by atoms with Gasteiger partial charge in [-0.2, -0.15) is 0 Å². The summed E-state index contributed by atoms with van der Waals surface area (Å²) in [7, 11) is 0. The van der Waals surface area contributed by atoms with Crippen LogP contribution in [-0.4, -0.2) is 12.8 Å². The third-order valence-corrected chi connectivity index (χ3v) is 2.09. The van der Waals surface area contributed by atoms with Crippen molar-refractivity contribution >= 4 is 6.21 Å². The van der Waals surface area contributed by atoms with E-state index in [9.17, 15) is 0 Å². The normalized spacial score (nSPS) is 29.1. The minimum atomic E-state index is 0.503. The molecule has 0 fully saturated rings. The van der Waals surface area contributed by atoms with Crippen molar-refractivity contribution in [2.75, 3.05) is 6.54 Å². The van der Waals surface area contributed by atoms with Gasteiger partial charge >= 0.3 is 0 Å². The van der Waals surface area contributed by atoms with Crippen LogP contribution in [0, 0.1) is 17.8 Å². The molecule has 0 aromatic rings. The van der Waals surface area contributed by atoms with Crippen LogP contribution < -0.4 is 5.32 Å². The molecule has 2 heterocycles. The van der Waals surface area contributed by atoms with Crippen LogP contribution in [0.1, 0.15) is 0 Å². The fraction of sp³-hybridized carbons (Fsp3) is 0.222. The van der Waals surface area contributed by atoms with E-state index in [0.29, 0.717) is 5.92 Å². The average molecular weight is 142 g/mol. The highest BCUT2D eigenvalue weighted by atomic mass is 15.0. The number of hydrogen-bond acceptors (Lipinski definition) is 2. The zero-order valence-corrected chi connectivity index (χ0v) is 5.89. The van der Waals surface area contributed by atoms with Crippen molar-refractivity contribution in [1.82, 2.24) is 5.32 Å². The molecule has 0 radical (unpaired) electrons. The van der Waals surface area contributed by atoms with Gasteiger partial charge in [-0.3, -0.25) is 0 Å². The Bertz CT molecular complexity index is 374. The standard InChI is InChI=1S/C9H6N2/c1-2-7-8-4-6(8)5-11-9(7)10-3-1/h4-5,8,10H,3H2/t8-/m0/s1. The maximum absolute atomic E-state index is 4.25. The minimum Gasteiger partial charge on any atom is -0.358 e. The molecule has 0 saturated carbocycles. The molecule has 2 heteroatoms. The maximum atomic E-state index is 4.25. The second-order valence-corrected chi connectivity index (χ2v) is 2.82. The predicted molar refractivity (Wildman–Crippen MR) is 42.9 cm³/mol. The summed E-state index contributed by atoms with van der Waals surface area (Å²) in [5.74, 6) is 7.61. The zero-order chi connectivity index (χ0) is 7.26. The first kappa shape index (κ1) is 5.20. The van der Waals surface area contributed by atoms with Crippen molar-refractivity contribution in [3.63, 3.8) is 0 Å². The van der Waals surface area contributed by atoms with Gasteiger partial charge in [-0.05, 0) is 5.57 Å². The summed E-state index contributed by atoms with van der Waals surface area (Å²) >= 11 is 0. The fourth-order valence-corrected chi connectivity index (χ4v) is 1.42. The summed E-state index contributed by atoms with van der Waals surface area (Å²) in [6.45, 7) is 0.734. The lowest BCUT2D eigenvalue weighted by atomic mass is 10.1. The molecule has 1 atom stereocenters. The first-order chi connectivity index (χ1) is 5.45. The Morgan fingerprint density at radius 3 is 3.64 bits per heavy atom. The Morgan fingerprint density at radius 2 is 2.64 bits per heavy atom. The van der Waals surface area contributed by atoms with Crippen molar-refractivity contribution in [3.05, 3.63) is 23.0 Å². The van der Waals surface area contributed by atoms with Gasteiger partial charge in [-0.1, -0.05) is 17.9 Å². The monoisotopic (exact) mass is 142 g/mol. The van der Waals surface area contributed by atoms with E-state index in [0.717, 1.165) is 17.9 Å².